The van der Waals surface area contributed by atoms with Crippen LogP contribution < -0.4 is 0 Å². The summed E-state index contributed by atoms with van der Waals surface area (Å²) in [5.41, 5.74) is 1.61. The Morgan fingerprint density at radius 3 is 3.00 bits per heavy atom. The molecule has 2 saturated heterocycles. The summed E-state index contributed by atoms with van der Waals surface area (Å²) in [7, 11) is 0. The monoisotopic (exact) mass is 218 g/mol. The minimum Gasteiger partial charge on any atom is -0.374 e. The Bertz CT molecular complexity index is 416. The second-order valence-electron chi connectivity index (χ2n) is 4.49. The van der Waals surface area contributed by atoms with Gasteiger partial charge in [-0.1, -0.05) is 0 Å². The van der Waals surface area contributed by atoms with E-state index < -0.39 is 0 Å². The van der Waals surface area contributed by atoms with Gasteiger partial charge in [0.1, 0.15) is 0 Å². The smallest absolute Gasteiger partial charge is 0.255 e. The molecule has 1 amide bonds. The van der Waals surface area contributed by atoms with Crippen LogP contribution in [0.5, 0.6) is 0 Å². The first-order valence-electron chi connectivity index (χ1n) is 5.59. The predicted octanol–water partition coefficient (Wildman–Crippen LogP) is 1.00. The maximum Gasteiger partial charge on any atom is 0.255 e. The number of nitrogens with zero attached hydrogens (tertiary/aromatic N) is 2. The van der Waals surface area contributed by atoms with Gasteiger partial charge in [-0.25, -0.2) is 0 Å². The number of likely N-dealkylation sites (tertiary alicyclic amines) is 1. The van der Waals surface area contributed by atoms with Crippen molar-refractivity contribution in [3.8, 4) is 0 Å². The van der Waals surface area contributed by atoms with Gasteiger partial charge in [-0.15, -0.1) is 0 Å². The average molecular weight is 218 g/mol. The zero-order valence-electron chi connectivity index (χ0n) is 9.22. The number of aromatic nitrogens is 1. The highest BCUT2D eigenvalue weighted by Crippen LogP contribution is 2.28. The van der Waals surface area contributed by atoms with Crippen LogP contribution >= 0.6 is 0 Å². The van der Waals surface area contributed by atoms with E-state index in [1.807, 2.05) is 24.0 Å². The van der Waals surface area contributed by atoms with Gasteiger partial charge in [0.25, 0.3) is 5.91 Å². The molecule has 84 valence electrons. The normalized spacial score (nSPS) is 27.4. The van der Waals surface area contributed by atoms with Crippen molar-refractivity contribution in [2.24, 2.45) is 0 Å². The lowest BCUT2D eigenvalue weighted by Crippen LogP contribution is -2.41. The number of aryl methyl sites for hydroxylation is 1. The lowest BCUT2D eigenvalue weighted by atomic mass is 10.2. The van der Waals surface area contributed by atoms with E-state index >= 15 is 0 Å². The SMILES string of the molecule is Cc1ccc(C(=O)N2C[C@H]3C[C@H]2CO3)cn1. The van der Waals surface area contributed by atoms with Gasteiger partial charge < -0.3 is 9.64 Å². The summed E-state index contributed by atoms with van der Waals surface area (Å²) in [6, 6.07) is 3.99. The fraction of sp³-hybridized carbons (Fsp3) is 0.500. The largest absolute Gasteiger partial charge is 0.374 e. The molecule has 0 aliphatic carbocycles. The van der Waals surface area contributed by atoms with Gasteiger partial charge in [0, 0.05) is 18.4 Å². The Morgan fingerprint density at radius 1 is 1.56 bits per heavy atom. The molecule has 2 aliphatic heterocycles. The molecule has 0 N–H and O–H groups in total. The molecule has 1 aromatic heterocycles. The van der Waals surface area contributed by atoms with Crippen LogP contribution in [0.2, 0.25) is 0 Å². The third-order valence-electron chi connectivity index (χ3n) is 3.32. The number of hydrogen-bond donors (Lipinski definition) is 0. The number of carbonyl (C=O) groups is 1. The summed E-state index contributed by atoms with van der Waals surface area (Å²) in [6.45, 7) is 3.34. The van der Waals surface area contributed by atoms with Gasteiger partial charge in [0.15, 0.2) is 0 Å². The van der Waals surface area contributed by atoms with Crippen molar-refractivity contribution in [3.63, 3.8) is 0 Å². The Labute approximate surface area is 94.2 Å². The van der Waals surface area contributed by atoms with Crippen molar-refractivity contribution < 1.29 is 9.53 Å². The van der Waals surface area contributed by atoms with Crippen molar-refractivity contribution in [1.29, 1.82) is 0 Å². The summed E-state index contributed by atoms with van der Waals surface area (Å²) in [5, 5.41) is 0. The molecule has 2 aliphatic rings. The number of pyridine rings is 1. The van der Waals surface area contributed by atoms with Crippen LogP contribution in [-0.4, -0.2) is 41.1 Å². The minimum atomic E-state index is 0.0864. The van der Waals surface area contributed by atoms with E-state index in [-0.39, 0.29) is 18.1 Å². The molecule has 1 aromatic rings. The maximum absolute atomic E-state index is 12.2. The first-order chi connectivity index (χ1) is 7.74. The van der Waals surface area contributed by atoms with Crippen molar-refractivity contribution in [3.05, 3.63) is 29.6 Å². The van der Waals surface area contributed by atoms with Gasteiger partial charge in [0.2, 0.25) is 0 Å². The molecule has 2 atom stereocenters. The molecule has 3 rings (SSSR count). The number of hydrogen-bond acceptors (Lipinski definition) is 3. The third kappa shape index (κ3) is 1.50. The van der Waals surface area contributed by atoms with E-state index in [1.165, 1.54) is 0 Å². The van der Waals surface area contributed by atoms with E-state index in [0.29, 0.717) is 12.2 Å². The van der Waals surface area contributed by atoms with Crippen LogP contribution in [0.25, 0.3) is 0 Å². The molecule has 0 radical (unpaired) electrons. The number of fused-ring (bicyclic) bond motifs is 2. The summed E-state index contributed by atoms with van der Waals surface area (Å²) in [5.74, 6) is 0.0864. The number of carbonyl (C=O) groups excluding carboxylic acids is 1. The van der Waals surface area contributed by atoms with Crippen LogP contribution in [0.15, 0.2) is 18.3 Å². The first-order valence-corrected chi connectivity index (χ1v) is 5.59. The fourth-order valence-electron chi connectivity index (χ4n) is 2.41. The van der Waals surface area contributed by atoms with Gasteiger partial charge in [0.05, 0.1) is 24.3 Å². The van der Waals surface area contributed by atoms with E-state index in [4.69, 9.17) is 4.74 Å². The van der Waals surface area contributed by atoms with Crippen LogP contribution in [0.1, 0.15) is 22.5 Å². The number of morpholine rings is 1. The zero-order valence-corrected chi connectivity index (χ0v) is 9.22. The number of rotatable bonds is 1. The number of amides is 1. The molecule has 0 saturated carbocycles. The minimum absolute atomic E-state index is 0.0864. The van der Waals surface area contributed by atoms with Crippen molar-refractivity contribution in [2.75, 3.05) is 13.2 Å². The predicted molar refractivity (Wildman–Crippen MR) is 58.2 cm³/mol. The fourth-order valence-corrected chi connectivity index (χ4v) is 2.41. The van der Waals surface area contributed by atoms with E-state index in [9.17, 15) is 4.79 Å². The Hall–Kier alpha value is -1.42. The van der Waals surface area contributed by atoms with Crippen molar-refractivity contribution in [2.45, 2.75) is 25.5 Å². The molecule has 2 bridgehead atoms. The highest BCUT2D eigenvalue weighted by atomic mass is 16.5. The molecular formula is C12H14N2O2. The van der Waals surface area contributed by atoms with Crippen LogP contribution in [0.3, 0.4) is 0 Å². The van der Waals surface area contributed by atoms with Gasteiger partial charge >= 0.3 is 0 Å². The van der Waals surface area contributed by atoms with Crippen molar-refractivity contribution >= 4 is 5.91 Å². The third-order valence-corrected chi connectivity index (χ3v) is 3.32. The van der Waals surface area contributed by atoms with Gasteiger partial charge in [-0.05, 0) is 25.5 Å². The molecule has 2 fully saturated rings. The molecule has 0 spiro atoms. The quantitative estimate of drug-likeness (QED) is 0.706. The van der Waals surface area contributed by atoms with Gasteiger partial charge in [-0.2, -0.15) is 0 Å². The molecule has 0 unspecified atom stereocenters. The lowest BCUT2D eigenvalue weighted by molar-refractivity contribution is 0.0259. The summed E-state index contributed by atoms with van der Waals surface area (Å²) in [6.07, 6.45) is 2.91. The van der Waals surface area contributed by atoms with E-state index in [2.05, 4.69) is 4.98 Å². The zero-order chi connectivity index (χ0) is 11.1. The second kappa shape index (κ2) is 3.56. The molecule has 0 aromatic carbocycles. The molecule has 4 nitrogen and oxygen atoms in total. The highest BCUT2D eigenvalue weighted by molar-refractivity contribution is 5.94. The molecular weight excluding hydrogens is 204 g/mol. The van der Waals surface area contributed by atoms with Gasteiger partial charge in [-0.3, -0.25) is 9.78 Å². The standard InChI is InChI=1S/C12H14N2O2/c1-8-2-3-9(5-13-8)12(15)14-6-11-4-10(14)7-16-11/h2-3,5,10-11H,4,6-7H2,1H3/t10-,11+/m0/s1. The van der Waals surface area contributed by atoms with Crippen molar-refractivity contribution in [1.82, 2.24) is 9.88 Å². The summed E-state index contributed by atoms with van der Waals surface area (Å²) in [4.78, 5) is 18.3. The second-order valence-corrected chi connectivity index (χ2v) is 4.49. The average Bonchev–Trinajstić information content (AvgIpc) is 2.91. The number of ether oxygens (including phenoxy) is 1. The highest BCUT2D eigenvalue weighted by Gasteiger charge is 2.41. The Morgan fingerprint density at radius 2 is 2.44 bits per heavy atom. The van der Waals surface area contributed by atoms with Crippen LogP contribution in [-0.2, 0) is 4.74 Å². The van der Waals surface area contributed by atoms with E-state index in [0.717, 1.165) is 18.7 Å². The maximum atomic E-state index is 12.2. The molecule has 4 heteroatoms. The topological polar surface area (TPSA) is 42.4 Å². The van der Waals surface area contributed by atoms with Crippen LogP contribution in [0.4, 0.5) is 0 Å². The first kappa shape index (κ1) is 9.78. The lowest BCUT2D eigenvalue weighted by Gasteiger charge is -2.26. The molecule has 3 heterocycles. The van der Waals surface area contributed by atoms with Crippen LogP contribution in [0, 0.1) is 6.92 Å². The molecule has 16 heavy (non-hydrogen) atoms. The summed E-state index contributed by atoms with van der Waals surface area (Å²) < 4.78 is 5.48. The summed E-state index contributed by atoms with van der Waals surface area (Å²) >= 11 is 0. The Balaban J connectivity index is 1.80. The van der Waals surface area contributed by atoms with E-state index in [1.54, 1.807) is 6.20 Å². The Kier molecular flexibility index (Phi) is 2.17.